The molecule has 0 heterocycles. The second-order valence-electron chi connectivity index (χ2n) is 3.07. The molecule has 0 bridgehead atoms. The van der Waals surface area contributed by atoms with Crippen LogP contribution in [0, 0.1) is 10.1 Å². The second-order valence-corrected chi connectivity index (χ2v) is 3.07. The van der Waals surface area contributed by atoms with Gasteiger partial charge in [-0.15, -0.1) is 0 Å². The van der Waals surface area contributed by atoms with Crippen LogP contribution in [0.3, 0.4) is 0 Å². The Morgan fingerprint density at radius 1 is 1.53 bits per heavy atom. The molecule has 1 aromatic rings. The van der Waals surface area contributed by atoms with Crippen molar-refractivity contribution in [3.63, 3.8) is 0 Å². The first-order valence-electron chi connectivity index (χ1n) is 4.54. The molecular weight excluding hydrogens is 228 g/mol. The third-order valence-corrected chi connectivity index (χ3v) is 2.03. The summed E-state index contributed by atoms with van der Waals surface area (Å²) in [4.78, 5) is 23.9. The molecule has 1 rings (SSSR count). The van der Waals surface area contributed by atoms with Gasteiger partial charge < -0.3 is 5.11 Å². The molecule has 0 aromatic heterocycles. The van der Waals surface area contributed by atoms with Gasteiger partial charge >= 0.3 is 0 Å². The number of aliphatic hydroxyl groups excluding tert-OH is 1. The summed E-state index contributed by atoms with van der Waals surface area (Å²) in [7, 11) is 0. The monoisotopic (exact) mass is 236 g/mol. The smallest absolute Gasteiger partial charge is 0.269 e. The number of azide groups is 1. The summed E-state index contributed by atoms with van der Waals surface area (Å²) >= 11 is 0. The SMILES string of the molecule is [N-]=[N+]=N[C@H](CO)C(=O)c1ccc([N+](=O)[O-])cc1. The number of benzene rings is 1. The van der Waals surface area contributed by atoms with E-state index in [1.54, 1.807) is 0 Å². The minimum Gasteiger partial charge on any atom is -0.395 e. The minimum absolute atomic E-state index is 0.141. The van der Waals surface area contributed by atoms with Crippen LogP contribution < -0.4 is 0 Å². The van der Waals surface area contributed by atoms with Crippen LogP contribution in [0.15, 0.2) is 29.4 Å². The summed E-state index contributed by atoms with van der Waals surface area (Å²) in [5.74, 6) is -0.583. The van der Waals surface area contributed by atoms with Crippen molar-refractivity contribution in [2.75, 3.05) is 6.61 Å². The topological polar surface area (TPSA) is 129 Å². The van der Waals surface area contributed by atoms with Gasteiger partial charge in [0, 0.05) is 22.6 Å². The molecule has 1 N–H and O–H groups in total. The van der Waals surface area contributed by atoms with Gasteiger partial charge in [0.15, 0.2) is 5.78 Å². The number of nitrogens with zero attached hydrogens (tertiary/aromatic N) is 4. The molecule has 17 heavy (non-hydrogen) atoms. The molecule has 0 saturated carbocycles. The predicted molar refractivity (Wildman–Crippen MR) is 57.4 cm³/mol. The van der Waals surface area contributed by atoms with Crippen LogP contribution in [0.4, 0.5) is 5.69 Å². The van der Waals surface area contributed by atoms with Gasteiger partial charge in [-0.2, -0.15) is 0 Å². The Bertz CT molecular complexity index is 478. The number of Topliss-reactive ketones (excluding diaryl/α,β-unsaturated/α-hetero) is 1. The van der Waals surface area contributed by atoms with Crippen molar-refractivity contribution in [3.8, 4) is 0 Å². The Morgan fingerprint density at radius 2 is 2.12 bits per heavy atom. The van der Waals surface area contributed by atoms with Crippen LogP contribution in [0.1, 0.15) is 10.4 Å². The number of carbonyl (C=O) groups is 1. The summed E-state index contributed by atoms with van der Waals surface area (Å²) in [5, 5.41) is 22.4. The maximum atomic E-state index is 11.7. The van der Waals surface area contributed by atoms with E-state index in [2.05, 4.69) is 10.0 Å². The fourth-order valence-electron chi connectivity index (χ4n) is 1.17. The van der Waals surface area contributed by atoms with E-state index in [4.69, 9.17) is 10.6 Å². The van der Waals surface area contributed by atoms with Crippen LogP contribution in [0.2, 0.25) is 0 Å². The Morgan fingerprint density at radius 3 is 2.53 bits per heavy atom. The minimum atomic E-state index is -1.21. The van der Waals surface area contributed by atoms with Crippen molar-refractivity contribution in [2.24, 2.45) is 5.11 Å². The molecule has 0 unspecified atom stereocenters. The van der Waals surface area contributed by atoms with E-state index in [1.165, 1.54) is 12.1 Å². The largest absolute Gasteiger partial charge is 0.395 e. The van der Waals surface area contributed by atoms with Crippen molar-refractivity contribution in [3.05, 3.63) is 50.4 Å². The number of rotatable bonds is 5. The van der Waals surface area contributed by atoms with E-state index in [0.29, 0.717) is 0 Å². The van der Waals surface area contributed by atoms with Crippen LogP contribution in [-0.4, -0.2) is 28.5 Å². The first kappa shape index (κ1) is 12.6. The maximum Gasteiger partial charge on any atom is 0.269 e. The van der Waals surface area contributed by atoms with Crippen LogP contribution in [0.5, 0.6) is 0 Å². The zero-order valence-corrected chi connectivity index (χ0v) is 8.55. The summed E-state index contributed by atoms with van der Waals surface area (Å²) in [6, 6.07) is 3.61. The normalized spacial score (nSPS) is 11.4. The molecule has 1 aromatic carbocycles. The van der Waals surface area contributed by atoms with Gasteiger partial charge in [-0.05, 0) is 17.7 Å². The molecule has 0 spiro atoms. The number of hydrogen-bond acceptors (Lipinski definition) is 5. The standard InChI is InChI=1S/C9H8N4O4/c10-12-11-8(5-14)9(15)6-1-3-7(4-2-6)13(16)17/h1-4,8,14H,5H2/t8-/m1/s1. The Kier molecular flexibility index (Phi) is 4.15. The van der Waals surface area contributed by atoms with Crippen LogP contribution >= 0.6 is 0 Å². The Labute approximate surface area is 95.3 Å². The number of non-ortho nitro benzene ring substituents is 1. The van der Waals surface area contributed by atoms with Crippen molar-refractivity contribution in [1.29, 1.82) is 0 Å². The van der Waals surface area contributed by atoms with Crippen molar-refractivity contribution in [1.82, 2.24) is 0 Å². The predicted octanol–water partition coefficient (Wildman–Crippen LogP) is 1.45. The summed E-state index contributed by atoms with van der Waals surface area (Å²) in [5.41, 5.74) is 8.18. The average Bonchev–Trinajstić information content (AvgIpc) is 2.35. The van der Waals surface area contributed by atoms with Gasteiger partial charge in [-0.1, -0.05) is 5.11 Å². The van der Waals surface area contributed by atoms with E-state index in [9.17, 15) is 14.9 Å². The molecule has 0 aliphatic carbocycles. The maximum absolute atomic E-state index is 11.7. The molecule has 1 atom stereocenters. The highest BCUT2D eigenvalue weighted by atomic mass is 16.6. The molecule has 0 saturated heterocycles. The van der Waals surface area contributed by atoms with Gasteiger partial charge in [-0.25, -0.2) is 0 Å². The fourth-order valence-corrected chi connectivity index (χ4v) is 1.17. The van der Waals surface area contributed by atoms with Gasteiger partial charge in [0.1, 0.15) is 6.04 Å². The molecular formula is C9H8N4O4. The highest BCUT2D eigenvalue weighted by Crippen LogP contribution is 2.14. The van der Waals surface area contributed by atoms with Crippen LogP contribution in [-0.2, 0) is 0 Å². The van der Waals surface area contributed by atoms with Crippen molar-refractivity contribution in [2.45, 2.75) is 6.04 Å². The molecule has 0 fully saturated rings. The molecule has 88 valence electrons. The zero-order valence-electron chi connectivity index (χ0n) is 8.55. The molecule has 0 aliphatic rings. The number of nitro benzene ring substituents is 1. The quantitative estimate of drug-likeness (QED) is 0.207. The fraction of sp³-hybridized carbons (Fsp3) is 0.222. The lowest BCUT2D eigenvalue weighted by Crippen LogP contribution is -2.22. The lowest BCUT2D eigenvalue weighted by molar-refractivity contribution is -0.384. The summed E-state index contributed by atoms with van der Waals surface area (Å²) in [6.07, 6.45) is 0. The van der Waals surface area contributed by atoms with Crippen LogP contribution in [0.25, 0.3) is 10.4 Å². The van der Waals surface area contributed by atoms with Gasteiger partial charge in [0.25, 0.3) is 5.69 Å². The van der Waals surface area contributed by atoms with Crippen molar-refractivity contribution >= 4 is 11.5 Å². The molecule has 0 aliphatic heterocycles. The highest BCUT2D eigenvalue weighted by molar-refractivity contribution is 6.00. The molecule has 0 amide bonds. The molecule has 8 nitrogen and oxygen atoms in total. The van der Waals surface area contributed by atoms with E-state index < -0.39 is 23.4 Å². The Hall–Kier alpha value is -2.44. The number of aliphatic hydroxyl groups is 1. The zero-order chi connectivity index (χ0) is 12.8. The number of carbonyl (C=O) groups excluding carboxylic acids is 1. The number of nitro groups is 1. The van der Waals surface area contributed by atoms with E-state index >= 15 is 0 Å². The number of hydrogen-bond donors (Lipinski definition) is 1. The van der Waals surface area contributed by atoms with Gasteiger partial charge in [0.05, 0.1) is 11.5 Å². The van der Waals surface area contributed by atoms with E-state index in [-0.39, 0.29) is 11.3 Å². The van der Waals surface area contributed by atoms with Crippen molar-refractivity contribution < 1.29 is 14.8 Å². The first-order valence-corrected chi connectivity index (χ1v) is 4.54. The first-order chi connectivity index (χ1) is 8.10. The third kappa shape index (κ3) is 3.00. The summed E-state index contributed by atoms with van der Waals surface area (Å²) in [6.45, 7) is -0.611. The third-order valence-electron chi connectivity index (χ3n) is 2.03. The lowest BCUT2D eigenvalue weighted by atomic mass is 10.1. The summed E-state index contributed by atoms with van der Waals surface area (Å²) < 4.78 is 0. The Balaban J connectivity index is 2.96. The molecule has 0 radical (unpaired) electrons. The highest BCUT2D eigenvalue weighted by Gasteiger charge is 2.18. The van der Waals surface area contributed by atoms with Gasteiger partial charge in [0.2, 0.25) is 0 Å². The average molecular weight is 236 g/mol. The lowest BCUT2D eigenvalue weighted by Gasteiger charge is -2.05. The van der Waals surface area contributed by atoms with Gasteiger partial charge in [-0.3, -0.25) is 14.9 Å². The molecule has 8 heteroatoms. The second kappa shape index (κ2) is 5.59. The van der Waals surface area contributed by atoms with E-state index in [1.807, 2.05) is 0 Å². The van der Waals surface area contributed by atoms with E-state index in [0.717, 1.165) is 12.1 Å². The number of ketones is 1.